The quantitative estimate of drug-likeness (QED) is 0.671. The van der Waals surface area contributed by atoms with Crippen LogP contribution in [0.2, 0.25) is 0 Å². The highest BCUT2D eigenvalue weighted by molar-refractivity contribution is 5.93. The molecule has 32 heavy (non-hydrogen) atoms. The Hall–Kier alpha value is -3.56. The number of nitrogens with zero attached hydrogens (tertiary/aromatic N) is 5. The molecule has 6 rings (SSSR count). The van der Waals surface area contributed by atoms with Gasteiger partial charge in [-0.1, -0.05) is 0 Å². The minimum Gasteiger partial charge on any atom is -0.454 e. The van der Waals surface area contributed by atoms with Gasteiger partial charge in [-0.15, -0.1) is 0 Å². The third kappa shape index (κ3) is 3.17. The fourth-order valence-corrected chi connectivity index (χ4v) is 4.60. The predicted molar refractivity (Wildman–Crippen MR) is 114 cm³/mol. The number of fused-ring (bicyclic) bond motifs is 1. The number of hydrogen-bond donors (Lipinski definition) is 1. The van der Waals surface area contributed by atoms with Crippen LogP contribution in [0.4, 0.5) is 0 Å². The molecule has 0 atom stereocenters. The molecule has 1 saturated carbocycles. The van der Waals surface area contributed by atoms with E-state index in [0.29, 0.717) is 42.0 Å². The molecule has 0 radical (unpaired) electrons. The second-order valence-electron chi connectivity index (χ2n) is 8.67. The number of aromatic amines is 1. The van der Waals surface area contributed by atoms with Crippen LogP contribution in [0.25, 0.3) is 11.3 Å². The maximum atomic E-state index is 13.1. The monoisotopic (exact) mass is 436 g/mol. The zero-order valence-electron chi connectivity index (χ0n) is 17.8. The maximum Gasteiger partial charge on any atom is 0.345 e. The van der Waals surface area contributed by atoms with E-state index in [1.807, 2.05) is 27.7 Å². The molecule has 0 bridgehead atoms. The molecule has 10 heteroatoms. The second kappa shape index (κ2) is 7.25. The summed E-state index contributed by atoms with van der Waals surface area (Å²) in [6.45, 7) is 1.46. The van der Waals surface area contributed by atoms with Gasteiger partial charge in [-0.05, 0) is 49.9 Å². The average Bonchev–Trinajstić information content (AvgIpc) is 3.22. The second-order valence-corrected chi connectivity index (χ2v) is 8.67. The van der Waals surface area contributed by atoms with Gasteiger partial charge in [0.05, 0.1) is 5.69 Å². The van der Waals surface area contributed by atoms with Crippen LogP contribution in [0, 0.1) is 0 Å². The number of benzene rings is 1. The number of hydrogen-bond acceptors (Lipinski definition) is 6. The first-order valence-electron chi connectivity index (χ1n) is 11.0. The van der Waals surface area contributed by atoms with Crippen LogP contribution in [-0.2, 0) is 7.05 Å². The summed E-state index contributed by atoms with van der Waals surface area (Å²) in [7, 11) is 1.71. The maximum absolute atomic E-state index is 13.1. The van der Waals surface area contributed by atoms with E-state index in [2.05, 4.69) is 15.3 Å². The van der Waals surface area contributed by atoms with Crippen LogP contribution < -0.4 is 15.2 Å². The van der Waals surface area contributed by atoms with Gasteiger partial charge in [0.2, 0.25) is 6.79 Å². The number of ether oxygens (including phenoxy) is 2. The zero-order chi connectivity index (χ0) is 21.8. The van der Waals surface area contributed by atoms with Crippen molar-refractivity contribution in [1.29, 1.82) is 0 Å². The molecule has 0 spiro atoms. The Bertz CT molecular complexity index is 1250. The molecule has 1 N–H and O–H groups in total. The lowest BCUT2D eigenvalue weighted by Gasteiger charge is -2.31. The van der Waals surface area contributed by atoms with Crippen LogP contribution in [0.1, 0.15) is 54.0 Å². The highest BCUT2D eigenvalue weighted by Crippen LogP contribution is 2.38. The molecule has 1 amide bonds. The number of aromatic nitrogens is 5. The summed E-state index contributed by atoms with van der Waals surface area (Å²) in [6, 6.07) is 7.68. The SMILES string of the molecule is Cn1nc(C2CCN(C(=O)c3cc(-c4ccc5c(c4)OCO5)n[nH]3)CC2)n(C2CC2)c1=O. The first-order valence-corrected chi connectivity index (χ1v) is 11.0. The van der Waals surface area contributed by atoms with Gasteiger partial charge in [0.1, 0.15) is 11.5 Å². The Labute approximate surface area is 183 Å². The molecule has 1 aliphatic carbocycles. The van der Waals surface area contributed by atoms with Gasteiger partial charge in [0.25, 0.3) is 5.91 Å². The first-order chi connectivity index (χ1) is 15.6. The van der Waals surface area contributed by atoms with Crippen molar-refractivity contribution in [2.24, 2.45) is 7.05 Å². The van der Waals surface area contributed by atoms with Gasteiger partial charge in [-0.25, -0.2) is 9.48 Å². The molecular weight excluding hydrogens is 412 g/mol. The lowest BCUT2D eigenvalue weighted by molar-refractivity contribution is 0.0704. The zero-order valence-corrected chi connectivity index (χ0v) is 17.8. The van der Waals surface area contributed by atoms with E-state index in [1.165, 1.54) is 4.68 Å². The average molecular weight is 436 g/mol. The molecule has 10 nitrogen and oxygen atoms in total. The topological polar surface area (TPSA) is 107 Å². The molecule has 0 unspecified atom stereocenters. The van der Waals surface area contributed by atoms with Crippen molar-refractivity contribution >= 4 is 5.91 Å². The van der Waals surface area contributed by atoms with Crippen LogP contribution in [0.5, 0.6) is 11.5 Å². The van der Waals surface area contributed by atoms with Crippen molar-refractivity contribution in [2.75, 3.05) is 19.9 Å². The largest absolute Gasteiger partial charge is 0.454 e. The molecule has 4 heterocycles. The molecule has 1 saturated heterocycles. The number of carbonyl (C=O) groups excluding carboxylic acids is 1. The van der Waals surface area contributed by atoms with E-state index in [1.54, 1.807) is 13.1 Å². The molecule has 1 aromatic carbocycles. The molecule has 3 aromatic rings. The standard InChI is InChI=1S/C22H24N6O4/c1-26-22(30)28(15-3-4-15)20(25-26)13-6-8-27(9-7-13)21(29)17-11-16(23-24-17)14-2-5-18-19(10-14)32-12-31-18/h2,5,10-11,13,15H,3-4,6-9,12H2,1H3,(H,23,24). The summed E-state index contributed by atoms with van der Waals surface area (Å²) in [6.07, 6.45) is 3.67. The summed E-state index contributed by atoms with van der Waals surface area (Å²) in [4.78, 5) is 27.3. The number of piperidine rings is 1. The normalized spacial score (nSPS) is 18.3. The number of rotatable bonds is 4. The van der Waals surface area contributed by atoms with Gasteiger partial charge in [-0.3, -0.25) is 14.5 Å². The van der Waals surface area contributed by atoms with Crippen LogP contribution in [-0.4, -0.2) is 55.2 Å². The van der Waals surface area contributed by atoms with Crippen molar-refractivity contribution < 1.29 is 14.3 Å². The number of nitrogens with one attached hydrogen (secondary N) is 1. The lowest BCUT2D eigenvalue weighted by Crippen LogP contribution is -2.38. The highest BCUT2D eigenvalue weighted by atomic mass is 16.7. The van der Waals surface area contributed by atoms with E-state index in [-0.39, 0.29) is 24.3 Å². The lowest BCUT2D eigenvalue weighted by atomic mass is 9.95. The molecule has 2 aromatic heterocycles. The fraction of sp³-hybridized carbons (Fsp3) is 0.455. The summed E-state index contributed by atoms with van der Waals surface area (Å²) < 4.78 is 14.1. The van der Waals surface area contributed by atoms with Crippen molar-refractivity contribution in [2.45, 2.75) is 37.6 Å². The van der Waals surface area contributed by atoms with E-state index in [0.717, 1.165) is 37.1 Å². The minimum atomic E-state index is -0.0662. The Morgan fingerprint density at radius 3 is 2.66 bits per heavy atom. The highest BCUT2D eigenvalue weighted by Gasteiger charge is 2.34. The number of carbonyl (C=O) groups is 1. The summed E-state index contributed by atoms with van der Waals surface area (Å²) in [5.74, 6) is 2.39. The summed E-state index contributed by atoms with van der Waals surface area (Å²) in [5.41, 5.74) is 1.97. The van der Waals surface area contributed by atoms with E-state index >= 15 is 0 Å². The third-order valence-corrected chi connectivity index (χ3v) is 6.52. The molecule has 2 aliphatic heterocycles. The van der Waals surface area contributed by atoms with Gasteiger partial charge >= 0.3 is 5.69 Å². The molecule has 2 fully saturated rings. The van der Waals surface area contributed by atoms with E-state index in [9.17, 15) is 9.59 Å². The Morgan fingerprint density at radius 1 is 1.09 bits per heavy atom. The van der Waals surface area contributed by atoms with Crippen molar-refractivity contribution in [1.82, 2.24) is 29.4 Å². The van der Waals surface area contributed by atoms with Crippen molar-refractivity contribution in [3.8, 4) is 22.8 Å². The van der Waals surface area contributed by atoms with E-state index in [4.69, 9.17) is 9.47 Å². The molecule has 3 aliphatic rings. The number of amides is 1. The van der Waals surface area contributed by atoms with Gasteiger partial charge < -0.3 is 14.4 Å². The number of H-pyrrole nitrogens is 1. The molecular formula is C22H24N6O4. The van der Waals surface area contributed by atoms with Gasteiger partial charge in [-0.2, -0.15) is 10.2 Å². The van der Waals surface area contributed by atoms with Gasteiger partial charge in [0.15, 0.2) is 11.5 Å². The summed E-state index contributed by atoms with van der Waals surface area (Å²) in [5, 5.41) is 11.7. The fourth-order valence-electron chi connectivity index (χ4n) is 4.60. The third-order valence-electron chi connectivity index (χ3n) is 6.52. The first kappa shape index (κ1) is 19.1. The van der Waals surface area contributed by atoms with Crippen LogP contribution in [0.3, 0.4) is 0 Å². The smallest absolute Gasteiger partial charge is 0.345 e. The van der Waals surface area contributed by atoms with E-state index < -0.39 is 0 Å². The number of aryl methyl sites for hydroxylation is 1. The molecule has 166 valence electrons. The minimum absolute atomic E-state index is 0.0329. The summed E-state index contributed by atoms with van der Waals surface area (Å²) >= 11 is 0. The van der Waals surface area contributed by atoms with Crippen molar-refractivity contribution in [3.63, 3.8) is 0 Å². The Kier molecular flexibility index (Phi) is 4.34. The van der Waals surface area contributed by atoms with Crippen LogP contribution >= 0.6 is 0 Å². The van der Waals surface area contributed by atoms with Crippen LogP contribution in [0.15, 0.2) is 29.1 Å². The Morgan fingerprint density at radius 2 is 1.88 bits per heavy atom. The predicted octanol–water partition coefficient (Wildman–Crippen LogP) is 2.06. The Balaban J connectivity index is 1.15. The number of likely N-dealkylation sites (tertiary alicyclic amines) is 1. The van der Waals surface area contributed by atoms with Crippen molar-refractivity contribution in [3.05, 3.63) is 46.3 Å². The van der Waals surface area contributed by atoms with Gasteiger partial charge in [0, 0.05) is 37.7 Å².